The van der Waals surface area contributed by atoms with Crippen LogP contribution in [-0.4, -0.2) is 41.5 Å². The fourth-order valence-corrected chi connectivity index (χ4v) is 2.21. The maximum Gasteiger partial charge on any atom is 0.186 e. The third-order valence-corrected chi connectivity index (χ3v) is 3.84. The second-order valence-electron chi connectivity index (χ2n) is 5.59. The summed E-state index contributed by atoms with van der Waals surface area (Å²) in [5, 5.41) is 3.13. The van der Waals surface area contributed by atoms with E-state index in [0.29, 0.717) is 11.5 Å². The molecule has 1 aliphatic heterocycles. The van der Waals surface area contributed by atoms with E-state index in [1.165, 1.54) is 6.33 Å². The summed E-state index contributed by atoms with van der Waals surface area (Å²) in [5.74, 6) is -0.0170. The number of hydrogen-bond acceptors (Lipinski definition) is 4. The van der Waals surface area contributed by atoms with Gasteiger partial charge in [0.15, 0.2) is 11.6 Å². The molecule has 5 heteroatoms. The van der Waals surface area contributed by atoms with Crippen LogP contribution < -0.4 is 5.32 Å². The van der Waals surface area contributed by atoms with Gasteiger partial charge in [-0.1, -0.05) is 6.92 Å². The van der Waals surface area contributed by atoms with Crippen molar-refractivity contribution in [2.75, 3.05) is 32.0 Å². The molecule has 1 aliphatic rings. The smallest absolute Gasteiger partial charge is 0.186 e. The van der Waals surface area contributed by atoms with Gasteiger partial charge in [-0.15, -0.1) is 0 Å². The standard InChI is InChI=1S/C13H21FN4/c1-10-11(14)12(17-9-16-10)15-8-13(2)4-6-18(3)7-5-13/h9H,4-8H2,1-3H3,(H,15,16,17). The number of likely N-dealkylation sites (tertiary alicyclic amines) is 1. The molecule has 0 aliphatic carbocycles. The van der Waals surface area contributed by atoms with Gasteiger partial charge in [-0.05, 0) is 45.3 Å². The second kappa shape index (κ2) is 5.18. The minimum Gasteiger partial charge on any atom is -0.367 e. The Morgan fingerprint density at radius 3 is 2.72 bits per heavy atom. The summed E-state index contributed by atoms with van der Waals surface area (Å²) in [6, 6.07) is 0. The lowest BCUT2D eigenvalue weighted by molar-refractivity contribution is 0.150. The molecule has 1 aromatic heterocycles. The Kier molecular flexibility index (Phi) is 3.80. The first-order valence-corrected chi connectivity index (χ1v) is 6.40. The van der Waals surface area contributed by atoms with Gasteiger partial charge >= 0.3 is 0 Å². The number of rotatable bonds is 3. The summed E-state index contributed by atoms with van der Waals surface area (Å²) in [7, 11) is 2.14. The number of nitrogens with zero attached hydrogens (tertiary/aromatic N) is 3. The lowest BCUT2D eigenvalue weighted by Crippen LogP contribution is -2.40. The van der Waals surface area contributed by atoms with Crippen LogP contribution >= 0.6 is 0 Å². The van der Waals surface area contributed by atoms with Crippen molar-refractivity contribution < 1.29 is 4.39 Å². The number of aryl methyl sites for hydroxylation is 1. The van der Waals surface area contributed by atoms with E-state index in [4.69, 9.17) is 0 Å². The first kappa shape index (κ1) is 13.2. The number of nitrogens with one attached hydrogen (secondary N) is 1. The molecule has 100 valence electrons. The predicted octanol–water partition coefficient (Wildman–Crippen LogP) is 2.07. The van der Waals surface area contributed by atoms with Crippen molar-refractivity contribution in [1.29, 1.82) is 0 Å². The molecular weight excluding hydrogens is 231 g/mol. The molecule has 1 aromatic rings. The summed E-state index contributed by atoms with van der Waals surface area (Å²) in [6.45, 7) is 6.86. The van der Waals surface area contributed by atoms with Crippen LogP contribution in [0.25, 0.3) is 0 Å². The zero-order valence-electron chi connectivity index (χ0n) is 11.3. The summed E-state index contributed by atoms with van der Waals surface area (Å²) >= 11 is 0. The number of aromatic nitrogens is 2. The number of piperidine rings is 1. The number of hydrogen-bond donors (Lipinski definition) is 1. The summed E-state index contributed by atoms with van der Waals surface area (Å²) in [4.78, 5) is 10.1. The van der Waals surface area contributed by atoms with Crippen LogP contribution in [0, 0.1) is 18.2 Å². The Labute approximate surface area is 108 Å². The molecule has 0 spiro atoms. The minimum absolute atomic E-state index is 0.220. The molecule has 4 nitrogen and oxygen atoms in total. The highest BCUT2D eigenvalue weighted by atomic mass is 19.1. The van der Waals surface area contributed by atoms with Gasteiger partial charge in [-0.25, -0.2) is 14.4 Å². The Morgan fingerprint density at radius 1 is 1.39 bits per heavy atom. The highest BCUT2D eigenvalue weighted by Gasteiger charge is 2.29. The molecule has 1 fully saturated rings. The van der Waals surface area contributed by atoms with Crippen molar-refractivity contribution in [2.45, 2.75) is 26.7 Å². The van der Waals surface area contributed by atoms with Crippen molar-refractivity contribution in [1.82, 2.24) is 14.9 Å². The SMILES string of the molecule is Cc1ncnc(NCC2(C)CCN(C)CC2)c1F. The molecule has 0 unspecified atom stereocenters. The molecule has 0 atom stereocenters. The van der Waals surface area contributed by atoms with Gasteiger partial charge in [-0.2, -0.15) is 0 Å². The monoisotopic (exact) mass is 252 g/mol. The zero-order chi connectivity index (χ0) is 13.2. The summed E-state index contributed by atoms with van der Waals surface area (Å²) < 4.78 is 13.7. The maximum absolute atomic E-state index is 13.7. The highest BCUT2D eigenvalue weighted by molar-refractivity contribution is 5.37. The lowest BCUT2D eigenvalue weighted by Gasteiger charge is -2.38. The van der Waals surface area contributed by atoms with Crippen LogP contribution in [0.5, 0.6) is 0 Å². The molecule has 0 amide bonds. The van der Waals surface area contributed by atoms with E-state index in [9.17, 15) is 4.39 Å². The third-order valence-electron chi connectivity index (χ3n) is 3.84. The molecule has 1 saturated heterocycles. The summed E-state index contributed by atoms with van der Waals surface area (Å²) in [5.41, 5.74) is 0.610. The van der Waals surface area contributed by atoms with E-state index in [2.05, 4.69) is 34.2 Å². The van der Waals surface area contributed by atoms with Crippen LogP contribution in [0.15, 0.2) is 6.33 Å². The molecule has 18 heavy (non-hydrogen) atoms. The van der Waals surface area contributed by atoms with Crippen LogP contribution in [-0.2, 0) is 0 Å². The summed E-state index contributed by atoms with van der Waals surface area (Å²) in [6.07, 6.45) is 3.65. The maximum atomic E-state index is 13.7. The van der Waals surface area contributed by atoms with Crippen molar-refractivity contribution in [3.05, 3.63) is 17.8 Å². The largest absolute Gasteiger partial charge is 0.367 e. The van der Waals surface area contributed by atoms with Gasteiger partial charge in [0.25, 0.3) is 0 Å². The van der Waals surface area contributed by atoms with Crippen molar-refractivity contribution in [3.63, 3.8) is 0 Å². The quantitative estimate of drug-likeness (QED) is 0.894. The molecule has 1 N–H and O–H groups in total. The molecule has 2 rings (SSSR count). The Balaban J connectivity index is 1.97. The third kappa shape index (κ3) is 2.96. The van der Waals surface area contributed by atoms with E-state index >= 15 is 0 Å². The fraction of sp³-hybridized carbons (Fsp3) is 0.692. The van der Waals surface area contributed by atoms with Crippen LogP contribution in [0.1, 0.15) is 25.5 Å². The minimum atomic E-state index is -0.339. The van der Waals surface area contributed by atoms with E-state index in [1.807, 2.05) is 0 Å². The second-order valence-corrected chi connectivity index (χ2v) is 5.59. The van der Waals surface area contributed by atoms with Gasteiger partial charge in [0.05, 0.1) is 5.69 Å². The van der Waals surface area contributed by atoms with Gasteiger partial charge in [-0.3, -0.25) is 0 Å². The van der Waals surface area contributed by atoms with Gasteiger partial charge in [0.2, 0.25) is 0 Å². The van der Waals surface area contributed by atoms with Gasteiger partial charge in [0, 0.05) is 6.54 Å². The lowest BCUT2D eigenvalue weighted by atomic mass is 9.80. The molecule has 0 saturated carbocycles. The first-order chi connectivity index (χ1) is 8.50. The number of halogens is 1. The average molecular weight is 252 g/mol. The van der Waals surface area contributed by atoms with E-state index < -0.39 is 0 Å². The van der Waals surface area contributed by atoms with Crippen molar-refractivity contribution in [2.24, 2.45) is 5.41 Å². The topological polar surface area (TPSA) is 41.1 Å². The van der Waals surface area contributed by atoms with Gasteiger partial charge in [0.1, 0.15) is 6.33 Å². The normalized spacial score (nSPS) is 19.8. The van der Waals surface area contributed by atoms with E-state index in [0.717, 1.165) is 32.5 Å². The van der Waals surface area contributed by atoms with E-state index in [1.54, 1.807) is 6.92 Å². The number of anilines is 1. The predicted molar refractivity (Wildman–Crippen MR) is 70.1 cm³/mol. The van der Waals surface area contributed by atoms with Crippen LogP contribution in [0.4, 0.5) is 10.2 Å². The Hall–Kier alpha value is -1.23. The van der Waals surface area contributed by atoms with Crippen LogP contribution in [0.3, 0.4) is 0 Å². The highest BCUT2D eigenvalue weighted by Crippen LogP contribution is 2.30. The average Bonchev–Trinajstić information content (AvgIpc) is 2.35. The van der Waals surface area contributed by atoms with Crippen molar-refractivity contribution >= 4 is 5.82 Å². The molecule has 0 aromatic carbocycles. The van der Waals surface area contributed by atoms with Gasteiger partial charge < -0.3 is 10.2 Å². The molecule has 0 bridgehead atoms. The first-order valence-electron chi connectivity index (χ1n) is 6.40. The molecular formula is C13H21FN4. The molecule has 2 heterocycles. The Morgan fingerprint density at radius 2 is 2.06 bits per heavy atom. The zero-order valence-corrected chi connectivity index (χ0v) is 11.3. The van der Waals surface area contributed by atoms with Crippen molar-refractivity contribution in [3.8, 4) is 0 Å². The van der Waals surface area contributed by atoms with Crippen LogP contribution in [0.2, 0.25) is 0 Å². The Bertz CT molecular complexity index is 413. The fourth-order valence-electron chi connectivity index (χ4n) is 2.21. The van der Waals surface area contributed by atoms with E-state index in [-0.39, 0.29) is 11.2 Å². The molecule has 0 radical (unpaired) electrons.